The molecule has 2 aromatic carbocycles. The van der Waals surface area contributed by atoms with Gasteiger partial charge in [-0.2, -0.15) is 0 Å². The van der Waals surface area contributed by atoms with E-state index in [1.807, 2.05) is 35.7 Å². The molecule has 170 valence electrons. The van der Waals surface area contributed by atoms with Gasteiger partial charge in [-0.25, -0.2) is 18.2 Å². The highest BCUT2D eigenvalue weighted by Gasteiger charge is 2.31. The van der Waals surface area contributed by atoms with Crippen LogP contribution in [0, 0.1) is 0 Å². The van der Waals surface area contributed by atoms with Gasteiger partial charge in [0.25, 0.3) is 15.9 Å². The molecule has 9 nitrogen and oxygen atoms in total. The van der Waals surface area contributed by atoms with E-state index in [0.717, 1.165) is 11.3 Å². The molecule has 1 amide bonds. The normalized spacial score (nSPS) is 17.0. The number of thiazole rings is 1. The SMILES string of the molecule is C[C@@H](N=C1NS(=O)(=O)c2ccccc21)C(=O)O[C@H](C)C(=O)Nc1nc(-c2ccccc2)cs1. The summed E-state index contributed by atoms with van der Waals surface area (Å²) in [7, 11) is -3.72. The van der Waals surface area contributed by atoms with Crippen LogP contribution in [-0.4, -0.2) is 43.3 Å². The first kappa shape index (κ1) is 22.6. The molecule has 0 fully saturated rings. The number of esters is 1. The average molecular weight is 485 g/mol. The van der Waals surface area contributed by atoms with Crippen LogP contribution >= 0.6 is 11.3 Å². The van der Waals surface area contributed by atoms with Crippen LogP contribution in [0.3, 0.4) is 0 Å². The quantitative estimate of drug-likeness (QED) is 0.518. The zero-order valence-corrected chi connectivity index (χ0v) is 19.3. The first-order valence-electron chi connectivity index (χ1n) is 9.97. The van der Waals surface area contributed by atoms with Gasteiger partial charge < -0.3 is 4.74 Å². The van der Waals surface area contributed by atoms with E-state index in [2.05, 4.69) is 20.0 Å². The number of amides is 1. The summed E-state index contributed by atoms with van der Waals surface area (Å²) in [5.41, 5.74) is 2.02. The Kier molecular flexibility index (Phi) is 6.25. The lowest BCUT2D eigenvalue weighted by molar-refractivity contribution is -0.153. The van der Waals surface area contributed by atoms with Gasteiger partial charge in [0.05, 0.1) is 10.6 Å². The molecule has 0 spiro atoms. The van der Waals surface area contributed by atoms with E-state index < -0.39 is 34.0 Å². The number of aromatic nitrogens is 1. The molecule has 3 aromatic rings. The van der Waals surface area contributed by atoms with Crippen LogP contribution in [0.5, 0.6) is 0 Å². The molecule has 0 radical (unpaired) electrons. The fourth-order valence-electron chi connectivity index (χ4n) is 3.08. The third-order valence-corrected chi connectivity index (χ3v) is 6.95. The number of hydrogen-bond donors (Lipinski definition) is 2. The number of carbonyl (C=O) groups is 2. The molecule has 0 saturated heterocycles. The summed E-state index contributed by atoms with van der Waals surface area (Å²) in [6.07, 6.45) is -1.10. The number of ether oxygens (including phenoxy) is 1. The summed E-state index contributed by atoms with van der Waals surface area (Å²) in [5.74, 6) is -1.25. The molecule has 4 rings (SSSR count). The van der Waals surface area contributed by atoms with Gasteiger partial charge in [0.15, 0.2) is 11.2 Å². The van der Waals surface area contributed by atoms with Crippen molar-refractivity contribution in [3.63, 3.8) is 0 Å². The van der Waals surface area contributed by atoms with Crippen molar-refractivity contribution in [1.82, 2.24) is 9.71 Å². The van der Waals surface area contributed by atoms with Gasteiger partial charge in [-0.05, 0) is 26.0 Å². The lowest BCUT2D eigenvalue weighted by Gasteiger charge is -2.14. The number of fused-ring (bicyclic) bond motifs is 1. The Labute approximate surface area is 194 Å². The van der Waals surface area contributed by atoms with Crippen LogP contribution < -0.4 is 10.0 Å². The van der Waals surface area contributed by atoms with E-state index in [0.29, 0.717) is 10.7 Å². The number of sulfonamides is 1. The van der Waals surface area contributed by atoms with E-state index in [9.17, 15) is 18.0 Å². The molecular weight excluding hydrogens is 464 g/mol. The summed E-state index contributed by atoms with van der Waals surface area (Å²) in [4.78, 5) is 33.6. The van der Waals surface area contributed by atoms with Gasteiger partial charge in [0, 0.05) is 16.5 Å². The number of nitrogens with zero attached hydrogens (tertiary/aromatic N) is 2. The molecule has 11 heteroatoms. The fourth-order valence-corrected chi connectivity index (χ4v) is 5.04. The van der Waals surface area contributed by atoms with E-state index in [1.54, 1.807) is 18.2 Å². The maximum Gasteiger partial charge on any atom is 0.331 e. The van der Waals surface area contributed by atoms with Gasteiger partial charge in [-0.1, -0.05) is 42.5 Å². The number of anilines is 1. The van der Waals surface area contributed by atoms with E-state index >= 15 is 0 Å². The summed E-state index contributed by atoms with van der Waals surface area (Å²) in [6, 6.07) is 14.8. The van der Waals surface area contributed by atoms with Crippen LogP contribution in [0.4, 0.5) is 5.13 Å². The topological polar surface area (TPSA) is 127 Å². The van der Waals surface area contributed by atoms with Crippen molar-refractivity contribution < 1.29 is 22.7 Å². The van der Waals surface area contributed by atoms with Crippen LogP contribution in [0.25, 0.3) is 11.3 Å². The van der Waals surface area contributed by atoms with Crippen molar-refractivity contribution in [3.8, 4) is 11.3 Å². The number of aliphatic imine (C=N–C) groups is 1. The molecule has 1 aromatic heterocycles. The lowest BCUT2D eigenvalue weighted by Crippen LogP contribution is -2.33. The Morgan fingerprint density at radius 3 is 2.55 bits per heavy atom. The Bertz CT molecular complexity index is 1340. The van der Waals surface area contributed by atoms with Gasteiger partial charge >= 0.3 is 5.97 Å². The number of nitrogens with one attached hydrogen (secondary N) is 2. The Hall–Kier alpha value is -3.57. The number of amidine groups is 1. The highest BCUT2D eigenvalue weighted by Crippen LogP contribution is 2.25. The fraction of sp³-hybridized carbons (Fsp3) is 0.182. The van der Waals surface area contributed by atoms with Crippen LogP contribution in [-0.2, 0) is 24.3 Å². The minimum Gasteiger partial charge on any atom is -0.451 e. The molecule has 2 atom stereocenters. The second kappa shape index (κ2) is 9.12. The van der Waals surface area contributed by atoms with Crippen molar-refractivity contribution >= 4 is 44.2 Å². The third-order valence-electron chi connectivity index (χ3n) is 4.79. The molecule has 2 heterocycles. The van der Waals surface area contributed by atoms with Crippen LogP contribution in [0.2, 0.25) is 0 Å². The second-order valence-electron chi connectivity index (χ2n) is 7.23. The highest BCUT2D eigenvalue weighted by atomic mass is 32.2. The van der Waals surface area contributed by atoms with Gasteiger partial charge in [0.1, 0.15) is 11.9 Å². The monoisotopic (exact) mass is 484 g/mol. The lowest BCUT2D eigenvalue weighted by atomic mass is 10.2. The third kappa shape index (κ3) is 4.94. The summed E-state index contributed by atoms with van der Waals surface area (Å²) < 4.78 is 31.9. The van der Waals surface area contributed by atoms with Crippen molar-refractivity contribution in [2.75, 3.05) is 5.32 Å². The van der Waals surface area contributed by atoms with Gasteiger partial charge in [-0.15, -0.1) is 11.3 Å². The second-order valence-corrected chi connectivity index (χ2v) is 9.74. The molecule has 33 heavy (non-hydrogen) atoms. The molecule has 1 aliphatic rings. The first-order valence-corrected chi connectivity index (χ1v) is 12.3. The van der Waals surface area contributed by atoms with Gasteiger partial charge in [-0.3, -0.25) is 19.8 Å². The predicted molar refractivity (Wildman–Crippen MR) is 124 cm³/mol. The molecule has 0 bridgehead atoms. The maximum absolute atomic E-state index is 12.5. The Balaban J connectivity index is 1.38. The average Bonchev–Trinajstić information content (AvgIpc) is 3.36. The number of hydrogen-bond acceptors (Lipinski definition) is 8. The number of rotatable bonds is 6. The maximum atomic E-state index is 12.5. The standard InChI is InChI=1S/C22H20N4O5S2/c1-13(23-19-16-10-6-7-11-18(16)33(29,30)26-19)21(28)31-14(2)20(27)25-22-24-17(12-32-22)15-8-4-3-5-9-15/h3-14H,1-2H3,(H,23,26)(H,24,25,27)/t13-,14-/m1/s1. The van der Waals surface area contributed by atoms with Crippen molar-refractivity contribution in [2.45, 2.75) is 30.9 Å². The van der Waals surface area contributed by atoms with Crippen molar-refractivity contribution in [1.29, 1.82) is 0 Å². The predicted octanol–water partition coefficient (Wildman–Crippen LogP) is 2.81. The summed E-state index contributed by atoms with van der Waals surface area (Å²) in [5, 5.41) is 4.84. The molecule has 0 unspecified atom stereocenters. The van der Waals surface area contributed by atoms with Crippen molar-refractivity contribution in [3.05, 3.63) is 65.5 Å². The van der Waals surface area contributed by atoms with Crippen LogP contribution in [0.15, 0.2) is 69.9 Å². The Morgan fingerprint density at radius 1 is 1.09 bits per heavy atom. The van der Waals surface area contributed by atoms with E-state index in [-0.39, 0.29) is 10.7 Å². The minimum absolute atomic E-state index is 0.0587. The molecule has 0 aliphatic carbocycles. The van der Waals surface area contributed by atoms with Crippen LogP contribution in [0.1, 0.15) is 19.4 Å². The van der Waals surface area contributed by atoms with E-state index in [4.69, 9.17) is 4.74 Å². The number of benzene rings is 2. The molecule has 0 saturated carbocycles. The number of carbonyl (C=O) groups excluding carboxylic acids is 2. The summed E-state index contributed by atoms with van der Waals surface area (Å²) >= 11 is 1.26. The van der Waals surface area contributed by atoms with Gasteiger partial charge in [0.2, 0.25) is 0 Å². The highest BCUT2D eigenvalue weighted by molar-refractivity contribution is 7.90. The van der Waals surface area contributed by atoms with Crippen molar-refractivity contribution in [2.24, 2.45) is 4.99 Å². The largest absolute Gasteiger partial charge is 0.451 e. The zero-order valence-electron chi connectivity index (χ0n) is 17.7. The smallest absolute Gasteiger partial charge is 0.331 e. The minimum atomic E-state index is -3.72. The first-order chi connectivity index (χ1) is 15.7. The molecule has 2 N–H and O–H groups in total. The molecular formula is C22H20N4O5S2. The molecule has 1 aliphatic heterocycles. The zero-order chi connectivity index (χ0) is 23.6. The van der Waals surface area contributed by atoms with E-state index in [1.165, 1.54) is 31.3 Å². The Morgan fingerprint density at radius 2 is 1.79 bits per heavy atom. The summed E-state index contributed by atoms with van der Waals surface area (Å²) in [6.45, 7) is 2.90.